The Hall–Kier alpha value is -3.40. The van der Waals surface area contributed by atoms with Crippen LogP contribution in [0.4, 0.5) is 10.1 Å². The molecular weight excluding hydrogens is 381 g/mol. The van der Waals surface area contributed by atoms with Gasteiger partial charge in [0.05, 0.1) is 34.9 Å². The van der Waals surface area contributed by atoms with Gasteiger partial charge in [-0.25, -0.2) is 9.07 Å². The number of halogens is 2. The van der Waals surface area contributed by atoms with Crippen LogP contribution in [-0.2, 0) is 18.1 Å². The Morgan fingerprint density at radius 1 is 1.22 bits per heavy atom. The van der Waals surface area contributed by atoms with Crippen LogP contribution in [0.5, 0.6) is 5.75 Å². The minimum absolute atomic E-state index is 0.00222. The smallest absolute Gasteiger partial charge is 0.325 e. The molecule has 1 amide bonds. The van der Waals surface area contributed by atoms with E-state index in [2.05, 4.69) is 15.5 Å². The summed E-state index contributed by atoms with van der Waals surface area (Å²) in [6.45, 7) is -0.341. The number of nitrogens with one attached hydrogen (secondary N) is 1. The topological polar surface area (TPSA) is 111 Å². The number of carboxylic acids is 1. The van der Waals surface area contributed by atoms with Crippen molar-refractivity contribution in [3.63, 3.8) is 0 Å². The van der Waals surface area contributed by atoms with Crippen LogP contribution in [0.3, 0.4) is 0 Å². The van der Waals surface area contributed by atoms with Gasteiger partial charge in [0.2, 0.25) is 0 Å². The fourth-order valence-electron chi connectivity index (χ4n) is 2.14. The number of carbonyl (C=O) groups excluding carboxylic acids is 1. The van der Waals surface area contributed by atoms with Gasteiger partial charge in [-0.2, -0.15) is 10.2 Å². The zero-order valence-electron chi connectivity index (χ0n) is 13.7. The summed E-state index contributed by atoms with van der Waals surface area (Å²) in [5.41, 5.74) is 0.609. The summed E-state index contributed by atoms with van der Waals surface area (Å²) in [4.78, 5) is 22.8. The van der Waals surface area contributed by atoms with Crippen LogP contribution < -0.4 is 10.1 Å². The van der Waals surface area contributed by atoms with E-state index in [1.54, 1.807) is 0 Å². The molecule has 0 atom stereocenters. The van der Waals surface area contributed by atoms with Crippen molar-refractivity contribution in [2.75, 3.05) is 5.32 Å². The van der Waals surface area contributed by atoms with Gasteiger partial charge in [-0.05, 0) is 18.2 Å². The molecule has 0 unspecified atom stereocenters. The molecule has 1 aromatic carbocycles. The largest absolute Gasteiger partial charge is 0.480 e. The first kappa shape index (κ1) is 18.4. The third-order valence-electron chi connectivity index (χ3n) is 3.33. The summed E-state index contributed by atoms with van der Waals surface area (Å²) >= 11 is 5.87. The Morgan fingerprint density at radius 2 is 2.00 bits per heavy atom. The van der Waals surface area contributed by atoms with Crippen LogP contribution in [0.25, 0.3) is 0 Å². The van der Waals surface area contributed by atoms with Gasteiger partial charge in [0, 0.05) is 6.20 Å². The highest BCUT2D eigenvalue weighted by Crippen LogP contribution is 2.25. The van der Waals surface area contributed by atoms with Crippen LogP contribution >= 0.6 is 11.6 Å². The number of benzene rings is 1. The number of anilines is 1. The lowest BCUT2D eigenvalue weighted by Gasteiger charge is -2.07. The van der Waals surface area contributed by atoms with Crippen LogP contribution in [0.1, 0.15) is 10.4 Å². The average molecular weight is 394 g/mol. The molecular formula is C16H13ClFN5O4. The molecule has 2 aromatic heterocycles. The van der Waals surface area contributed by atoms with Crippen LogP contribution in [0.15, 0.2) is 43.0 Å². The first-order valence-electron chi connectivity index (χ1n) is 7.56. The number of amides is 1. The zero-order chi connectivity index (χ0) is 19.4. The Bertz CT molecular complexity index is 987. The number of carbonyl (C=O) groups is 2. The molecule has 0 aliphatic carbocycles. The minimum Gasteiger partial charge on any atom is -0.480 e. The first-order valence-corrected chi connectivity index (χ1v) is 7.94. The van der Waals surface area contributed by atoms with Crippen LogP contribution in [-0.4, -0.2) is 36.5 Å². The number of hydrogen-bond acceptors (Lipinski definition) is 5. The average Bonchev–Trinajstić information content (AvgIpc) is 3.23. The number of aromatic nitrogens is 4. The molecule has 0 bridgehead atoms. The normalized spacial score (nSPS) is 10.6. The lowest BCUT2D eigenvalue weighted by molar-refractivity contribution is -0.137. The molecule has 0 spiro atoms. The van der Waals surface area contributed by atoms with Gasteiger partial charge in [0.25, 0.3) is 5.91 Å². The van der Waals surface area contributed by atoms with E-state index in [1.807, 2.05) is 0 Å². The van der Waals surface area contributed by atoms with Crippen molar-refractivity contribution in [2.24, 2.45) is 0 Å². The highest BCUT2D eigenvalue weighted by atomic mass is 35.5. The molecule has 2 heterocycles. The second kappa shape index (κ2) is 7.87. The lowest BCUT2D eigenvalue weighted by atomic mass is 10.3. The van der Waals surface area contributed by atoms with Crippen molar-refractivity contribution >= 4 is 29.2 Å². The van der Waals surface area contributed by atoms with Gasteiger partial charge in [0.1, 0.15) is 18.1 Å². The molecule has 0 aliphatic rings. The Kier molecular flexibility index (Phi) is 5.36. The predicted octanol–water partition coefficient (Wildman–Crippen LogP) is 2.25. The molecule has 27 heavy (non-hydrogen) atoms. The monoisotopic (exact) mass is 393 g/mol. The molecule has 9 nitrogen and oxygen atoms in total. The summed E-state index contributed by atoms with van der Waals surface area (Å²) < 4.78 is 21.0. The van der Waals surface area contributed by atoms with E-state index >= 15 is 0 Å². The zero-order valence-corrected chi connectivity index (χ0v) is 14.4. The lowest BCUT2D eigenvalue weighted by Crippen LogP contribution is -2.12. The molecule has 3 aromatic rings. The summed E-state index contributed by atoms with van der Waals surface area (Å²) in [6, 6.07) is 3.76. The highest BCUT2D eigenvalue weighted by Gasteiger charge is 2.12. The van der Waals surface area contributed by atoms with Gasteiger partial charge in [-0.3, -0.25) is 14.3 Å². The van der Waals surface area contributed by atoms with Crippen molar-refractivity contribution in [2.45, 2.75) is 13.3 Å². The van der Waals surface area contributed by atoms with Crippen LogP contribution in [0.2, 0.25) is 5.02 Å². The van der Waals surface area contributed by atoms with Crippen molar-refractivity contribution in [1.82, 2.24) is 19.6 Å². The summed E-state index contributed by atoms with van der Waals surface area (Å²) in [7, 11) is 0. The molecule has 0 saturated heterocycles. The number of nitrogens with zero attached hydrogens (tertiary/aromatic N) is 4. The standard InChI is InChI=1S/C16H13ClFN5O4/c17-13-3-11(18)1-2-14(13)27-9-23-7-12(5-20-23)21-16(26)10-4-19-22(6-10)8-15(24)25/h1-7H,8-9H2,(H,21,26)(H,24,25). The van der Waals surface area contributed by atoms with Gasteiger partial charge in [-0.15, -0.1) is 0 Å². The van der Waals surface area contributed by atoms with Gasteiger partial charge in [0.15, 0.2) is 6.73 Å². The van der Waals surface area contributed by atoms with E-state index in [-0.39, 0.29) is 23.9 Å². The Balaban J connectivity index is 1.58. The highest BCUT2D eigenvalue weighted by molar-refractivity contribution is 6.32. The van der Waals surface area contributed by atoms with E-state index in [1.165, 1.54) is 41.6 Å². The van der Waals surface area contributed by atoms with Crippen molar-refractivity contribution in [1.29, 1.82) is 0 Å². The molecule has 0 aliphatic heterocycles. The quantitative estimate of drug-likeness (QED) is 0.636. The van der Waals surface area contributed by atoms with Crippen molar-refractivity contribution in [3.05, 3.63) is 59.4 Å². The second-order valence-corrected chi connectivity index (χ2v) is 5.80. The third-order valence-corrected chi connectivity index (χ3v) is 3.63. The maximum atomic E-state index is 13.0. The molecule has 2 N–H and O–H groups in total. The first-order chi connectivity index (χ1) is 12.9. The van der Waals surface area contributed by atoms with E-state index in [0.29, 0.717) is 11.4 Å². The molecule has 0 saturated carbocycles. The molecule has 0 fully saturated rings. The maximum Gasteiger partial charge on any atom is 0.325 e. The van der Waals surface area contributed by atoms with E-state index < -0.39 is 17.7 Å². The van der Waals surface area contributed by atoms with E-state index in [4.69, 9.17) is 21.4 Å². The summed E-state index contributed by atoms with van der Waals surface area (Å²) in [5, 5.41) is 19.3. The number of rotatable bonds is 7. The second-order valence-electron chi connectivity index (χ2n) is 5.39. The number of carboxylic acid groups (broad SMARTS) is 1. The molecule has 3 rings (SSSR count). The fraction of sp³-hybridized carbons (Fsp3) is 0.125. The number of ether oxygens (including phenoxy) is 1. The molecule has 140 valence electrons. The number of aliphatic carboxylic acids is 1. The molecule has 11 heteroatoms. The number of hydrogen-bond donors (Lipinski definition) is 2. The van der Waals surface area contributed by atoms with Crippen molar-refractivity contribution in [3.8, 4) is 5.75 Å². The summed E-state index contributed by atoms with van der Waals surface area (Å²) in [5.74, 6) is -1.70. The molecule has 0 radical (unpaired) electrons. The third kappa shape index (κ3) is 4.82. The Morgan fingerprint density at radius 3 is 2.74 bits per heavy atom. The van der Waals surface area contributed by atoms with E-state index in [9.17, 15) is 14.0 Å². The predicted molar refractivity (Wildman–Crippen MR) is 92.1 cm³/mol. The van der Waals surface area contributed by atoms with Gasteiger partial charge in [-0.1, -0.05) is 11.6 Å². The maximum absolute atomic E-state index is 13.0. The Labute approximate surface area is 156 Å². The van der Waals surface area contributed by atoms with Crippen LogP contribution in [0, 0.1) is 5.82 Å². The summed E-state index contributed by atoms with van der Waals surface area (Å²) in [6.07, 6.45) is 5.53. The van der Waals surface area contributed by atoms with Gasteiger partial charge >= 0.3 is 5.97 Å². The van der Waals surface area contributed by atoms with Crippen molar-refractivity contribution < 1.29 is 23.8 Å². The fourth-order valence-corrected chi connectivity index (χ4v) is 2.36. The minimum atomic E-state index is -1.06. The van der Waals surface area contributed by atoms with Gasteiger partial charge < -0.3 is 15.2 Å². The van der Waals surface area contributed by atoms with E-state index in [0.717, 1.165) is 10.7 Å². The SMILES string of the molecule is O=C(O)Cn1cc(C(=O)Nc2cnn(COc3ccc(F)cc3Cl)c2)cn1.